The first-order chi connectivity index (χ1) is 7.65. The van der Waals surface area contributed by atoms with Gasteiger partial charge in [0.2, 0.25) is 10.0 Å². The van der Waals surface area contributed by atoms with Crippen LogP contribution in [0.1, 0.15) is 0 Å². The number of benzene rings is 1. The lowest BCUT2D eigenvalue weighted by Gasteiger charge is -2.08. The normalized spacial score (nSPS) is 12.4. The van der Waals surface area contributed by atoms with Gasteiger partial charge in [-0.3, -0.25) is 4.72 Å². The molecule has 0 saturated heterocycles. The molecule has 7 nitrogen and oxygen atoms in total. The van der Waals surface area contributed by atoms with Gasteiger partial charge in [0.25, 0.3) is 10.2 Å². The molecular formula is C7H10FN3O4S2. The van der Waals surface area contributed by atoms with E-state index in [4.69, 9.17) is 5.14 Å². The van der Waals surface area contributed by atoms with Gasteiger partial charge in [-0.05, 0) is 18.2 Å². The lowest BCUT2D eigenvalue weighted by Crippen LogP contribution is -2.27. The summed E-state index contributed by atoms with van der Waals surface area (Å²) in [5.41, 5.74) is -0.508. The zero-order valence-electron chi connectivity index (χ0n) is 8.64. The second kappa shape index (κ2) is 4.56. The van der Waals surface area contributed by atoms with Gasteiger partial charge in [-0.25, -0.2) is 22.7 Å². The van der Waals surface area contributed by atoms with Crippen molar-refractivity contribution in [2.75, 3.05) is 11.8 Å². The van der Waals surface area contributed by atoms with Gasteiger partial charge in [0.05, 0.1) is 10.6 Å². The summed E-state index contributed by atoms with van der Waals surface area (Å²) in [7, 11) is -6.84. The van der Waals surface area contributed by atoms with Crippen molar-refractivity contribution in [3.05, 3.63) is 24.0 Å². The largest absolute Gasteiger partial charge is 0.298 e. The van der Waals surface area contributed by atoms with Gasteiger partial charge in [-0.1, -0.05) is 0 Å². The third-order valence-corrected chi connectivity index (χ3v) is 3.72. The maximum atomic E-state index is 13.2. The third kappa shape index (κ3) is 3.63. The highest BCUT2D eigenvalue weighted by molar-refractivity contribution is 7.90. The molecule has 0 aliphatic carbocycles. The Labute approximate surface area is 98.1 Å². The van der Waals surface area contributed by atoms with Gasteiger partial charge in [-0.2, -0.15) is 8.42 Å². The molecule has 0 amide bonds. The molecule has 10 heteroatoms. The topological polar surface area (TPSA) is 118 Å². The summed E-state index contributed by atoms with van der Waals surface area (Å²) in [5.74, 6) is -0.920. The van der Waals surface area contributed by atoms with Gasteiger partial charge in [0, 0.05) is 7.05 Å². The molecule has 4 N–H and O–H groups in total. The Bertz CT molecular complexity index is 627. The van der Waals surface area contributed by atoms with E-state index in [9.17, 15) is 21.2 Å². The predicted octanol–water partition coefficient (Wildman–Crippen LogP) is -0.651. The van der Waals surface area contributed by atoms with Crippen LogP contribution in [0.25, 0.3) is 0 Å². The summed E-state index contributed by atoms with van der Waals surface area (Å²) >= 11 is 0. The monoisotopic (exact) mass is 283 g/mol. The zero-order chi connectivity index (χ0) is 13.3. The number of halogens is 1. The molecule has 1 rings (SSSR count). The molecule has 0 aliphatic heterocycles. The van der Waals surface area contributed by atoms with Crippen molar-refractivity contribution < 1.29 is 21.2 Å². The first-order valence-corrected chi connectivity index (χ1v) is 7.22. The minimum atomic E-state index is -4.03. The standard InChI is InChI=1S/C7H10FN3O4S2/c1-10-17(14,15)11-7-4-5(16(9,12)13)2-3-6(7)8/h2-4,10-11H,1H3,(H2,9,12,13). The van der Waals surface area contributed by atoms with E-state index >= 15 is 0 Å². The van der Waals surface area contributed by atoms with Gasteiger partial charge in [-0.15, -0.1) is 0 Å². The third-order valence-electron chi connectivity index (χ3n) is 1.78. The first-order valence-electron chi connectivity index (χ1n) is 4.19. The predicted molar refractivity (Wildman–Crippen MR) is 59.4 cm³/mol. The number of nitrogens with two attached hydrogens (primary N) is 1. The molecule has 96 valence electrons. The molecule has 0 aromatic heterocycles. The van der Waals surface area contributed by atoms with Crippen LogP contribution in [0.15, 0.2) is 23.1 Å². The minimum absolute atomic E-state index is 0.396. The Morgan fingerprint density at radius 2 is 1.82 bits per heavy atom. The van der Waals surface area contributed by atoms with E-state index in [2.05, 4.69) is 0 Å². The highest BCUT2D eigenvalue weighted by atomic mass is 32.2. The zero-order valence-corrected chi connectivity index (χ0v) is 10.3. The molecule has 0 spiro atoms. The van der Waals surface area contributed by atoms with Crippen molar-refractivity contribution in [3.63, 3.8) is 0 Å². The van der Waals surface area contributed by atoms with E-state index < -0.39 is 36.6 Å². The Morgan fingerprint density at radius 1 is 1.24 bits per heavy atom. The van der Waals surface area contributed by atoms with E-state index in [-0.39, 0.29) is 0 Å². The van der Waals surface area contributed by atoms with Crippen LogP contribution in [0.2, 0.25) is 0 Å². The summed E-state index contributed by atoms with van der Waals surface area (Å²) in [6.07, 6.45) is 0. The Kier molecular flexibility index (Phi) is 3.71. The second-order valence-electron chi connectivity index (χ2n) is 3.00. The van der Waals surface area contributed by atoms with E-state index in [0.717, 1.165) is 25.2 Å². The van der Waals surface area contributed by atoms with Crippen molar-refractivity contribution in [2.24, 2.45) is 5.14 Å². The van der Waals surface area contributed by atoms with E-state index in [1.165, 1.54) is 0 Å². The molecular weight excluding hydrogens is 273 g/mol. The Balaban J connectivity index is 3.26. The molecule has 0 saturated carbocycles. The fraction of sp³-hybridized carbons (Fsp3) is 0.143. The van der Waals surface area contributed by atoms with Gasteiger partial charge in [0.1, 0.15) is 5.82 Å². The van der Waals surface area contributed by atoms with Crippen molar-refractivity contribution in [1.82, 2.24) is 4.72 Å². The molecule has 17 heavy (non-hydrogen) atoms. The lowest BCUT2D eigenvalue weighted by molar-refractivity contribution is 0.589. The highest BCUT2D eigenvalue weighted by Gasteiger charge is 2.15. The first kappa shape index (κ1) is 13.8. The number of hydrogen-bond donors (Lipinski definition) is 3. The molecule has 1 aromatic carbocycles. The second-order valence-corrected chi connectivity index (χ2v) is 6.18. The SMILES string of the molecule is CNS(=O)(=O)Nc1cc(S(N)(=O)=O)ccc1F. The maximum absolute atomic E-state index is 13.2. The number of anilines is 1. The van der Waals surface area contributed by atoms with Crippen LogP contribution in [0.4, 0.5) is 10.1 Å². The number of nitrogens with one attached hydrogen (secondary N) is 2. The summed E-state index contributed by atoms with van der Waals surface area (Å²) < 4.78 is 61.2. The number of sulfonamides is 1. The van der Waals surface area contributed by atoms with Crippen LogP contribution in [0, 0.1) is 5.82 Å². The molecule has 0 unspecified atom stereocenters. The Morgan fingerprint density at radius 3 is 2.29 bits per heavy atom. The smallest absolute Gasteiger partial charge is 0.268 e. The van der Waals surface area contributed by atoms with Crippen LogP contribution in [-0.4, -0.2) is 23.9 Å². The highest BCUT2D eigenvalue weighted by Crippen LogP contribution is 2.19. The van der Waals surface area contributed by atoms with Gasteiger partial charge >= 0.3 is 0 Å². The van der Waals surface area contributed by atoms with Crippen molar-refractivity contribution in [3.8, 4) is 0 Å². The average Bonchev–Trinajstić information content (AvgIpc) is 2.19. The molecule has 0 fully saturated rings. The van der Waals surface area contributed by atoms with Crippen molar-refractivity contribution in [2.45, 2.75) is 4.90 Å². The van der Waals surface area contributed by atoms with E-state index in [1.807, 2.05) is 9.44 Å². The van der Waals surface area contributed by atoms with Gasteiger partial charge in [0.15, 0.2) is 0 Å². The minimum Gasteiger partial charge on any atom is -0.268 e. The van der Waals surface area contributed by atoms with Crippen LogP contribution < -0.4 is 14.6 Å². The lowest BCUT2D eigenvalue weighted by atomic mass is 10.3. The quantitative estimate of drug-likeness (QED) is 0.680. The maximum Gasteiger partial charge on any atom is 0.298 e. The summed E-state index contributed by atoms with van der Waals surface area (Å²) in [6.45, 7) is 0. The molecule has 0 aliphatic rings. The van der Waals surface area contributed by atoms with Crippen molar-refractivity contribution >= 4 is 25.9 Å². The van der Waals surface area contributed by atoms with Crippen molar-refractivity contribution in [1.29, 1.82) is 0 Å². The average molecular weight is 283 g/mol. The Hall–Kier alpha value is -1.23. The van der Waals surface area contributed by atoms with Crippen LogP contribution in [0.3, 0.4) is 0 Å². The molecule has 0 radical (unpaired) electrons. The number of hydrogen-bond acceptors (Lipinski definition) is 4. The summed E-state index contributed by atoms with van der Waals surface area (Å²) in [6, 6.07) is 2.52. The molecule has 0 bridgehead atoms. The van der Waals surface area contributed by atoms with Crippen LogP contribution in [-0.2, 0) is 20.2 Å². The number of primary sulfonamides is 1. The van der Waals surface area contributed by atoms with E-state index in [0.29, 0.717) is 0 Å². The number of rotatable bonds is 4. The van der Waals surface area contributed by atoms with Crippen LogP contribution in [0.5, 0.6) is 0 Å². The summed E-state index contributed by atoms with van der Waals surface area (Å²) in [5, 5.41) is 4.83. The van der Waals surface area contributed by atoms with Crippen LogP contribution >= 0.6 is 0 Å². The molecule has 0 atom stereocenters. The van der Waals surface area contributed by atoms with E-state index in [1.54, 1.807) is 0 Å². The fourth-order valence-corrected chi connectivity index (χ4v) is 2.04. The fourth-order valence-electron chi connectivity index (χ4n) is 0.955. The summed E-state index contributed by atoms with van der Waals surface area (Å²) in [4.78, 5) is -0.396. The molecule has 1 aromatic rings. The molecule has 0 heterocycles. The van der Waals surface area contributed by atoms with Gasteiger partial charge < -0.3 is 0 Å².